The lowest BCUT2D eigenvalue weighted by Crippen LogP contribution is -2.10. The number of carbonyl (C=O) groups is 1. The lowest BCUT2D eigenvalue weighted by molar-refractivity contribution is -0.386. The van der Waals surface area contributed by atoms with Gasteiger partial charge in [0.25, 0.3) is 5.69 Å². The van der Waals surface area contributed by atoms with E-state index in [0.29, 0.717) is 0 Å². The molecule has 0 amide bonds. The van der Waals surface area contributed by atoms with Crippen LogP contribution in [-0.4, -0.2) is 18.0 Å². The molecule has 6 heteroatoms. The molecule has 0 aliphatic heterocycles. The van der Waals surface area contributed by atoms with Crippen molar-refractivity contribution in [1.82, 2.24) is 0 Å². The average molecular weight is 227 g/mol. The van der Waals surface area contributed by atoms with Gasteiger partial charge in [0.1, 0.15) is 11.4 Å². The van der Waals surface area contributed by atoms with Gasteiger partial charge >= 0.3 is 5.97 Å². The molecule has 0 saturated heterocycles. The fourth-order valence-electron chi connectivity index (χ4n) is 1.56. The Morgan fingerprint density at radius 1 is 1.50 bits per heavy atom. The summed E-state index contributed by atoms with van der Waals surface area (Å²) in [5, 5.41) is 10.7. The van der Waals surface area contributed by atoms with Crippen molar-refractivity contribution in [2.24, 2.45) is 0 Å². The van der Waals surface area contributed by atoms with Gasteiger partial charge in [0.15, 0.2) is 0 Å². The molecule has 0 fully saturated rings. The number of carbonyl (C=O) groups excluding carboxylic acids is 1. The van der Waals surface area contributed by atoms with Gasteiger partial charge in [0.2, 0.25) is 0 Å². The number of nitro benzene ring substituents is 1. The second-order valence-electron chi connectivity index (χ2n) is 3.27. The Kier molecular flexibility index (Phi) is 3.22. The summed E-state index contributed by atoms with van der Waals surface area (Å²) >= 11 is 0. The van der Waals surface area contributed by atoms with Crippen molar-refractivity contribution in [1.29, 1.82) is 0 Å². The van der Waals surface area contributed by atoms with Gasteiger partial charge in [-0.3, -0.25) is 10.1 Å². The average Bonchev–Trinajstić information content (AvgIpc) is 2.15. The summed E-state index contributed by atoms with van der Waals surface area (Å²) in [6.07, 6.45) is 0. The van der Waals surface area contributed by atoms with E-state index in [2.05, 4.69) is 4.74 Å². The summed E-state index contributed by atoms with van der Waals surface area (Å²) in [6.45, 7) is 2.73. The smallest absolute Gasteiger partial charge is 0.341 e. The Morgan fingerprint density at radius 3 is 2.50 bits per heavy atom. The van der Waals surface area contributed by atoms with Gasteiger partial charge in [-0.15, -0.1) is 0 Å². The molecule has 0 aromatic heterocycles. The number of halogens is 1. The Hall–Kier alpha value is -1.98. The highest BCUT2D eigenvalue weighted by molar-refractivity contribution is 5.92. The summed E-state index contributed by atoms with van der Waals surface area (Å²) < 4.78 is 17.8. The van der Waals surface area contributed by atoms with Gasteiger partial charge in [-0.1, -0.05) is 0 Å². The third-order valence-electron chi connectivity index (χ3n) is 2.26. The summed E-state index contributed by atoms with van der Waals surface area (Å²) in [5.74, 6) is -1.73. The topological polar surface area (TPSA) is 69.4 Å². The van der Waals surface area contributed by atoms with Gasteiger partial charge in [0.05, 0.1) is 12.0 Å². The molecular formula is C10H10FNO4. The molecule has 1 rings (SSSR count). The highest BCUT2D eigenvalue weighted by Crippen LogP contribution is 2.28. The third kappa shape index (κ3) is 1.86. The summed E-state index contributed by atoms with van der Waals surface area (Å²) in [5.41, 5.74) is -0.497. The molecule has 0 aliphatic rings. The fraction of sp³-hybridized carbons (Fsp3) is 0.300. The van der Waals surface area contributed by atoms with E-state index in [9.17, 15) is 19.3 Å². The highest BCUT2D eigenvalue weighted by atomic mass is 19.1. The van der Waals surface area contributed by atoms with Crippen LogP contribution in [0.4, 0.5) is 10.1 Å². The molecule has 16 heavy (non-hydrogen) atoms. The van der Waals surface area contributed by atoms with Crippen LogP contribution in [0.25, 0.3) is 0 Å². The molecule has 0 saturated carbocycles. The minimum absolute atomic E-state index is 0.0191. The second-order valence-corrected chi connectivity index (χ2v) is 3.27. The fourth-order valence-corrected chi connectivity index (χ4v) is 1.56. The Bertz CT molecular complexity index is 470. The minimum Gasteiger partial charge on any atom is -0.465 e. The molecule has 0 bridgehead atoms. The van der Waals surface area contributed by atoms with Crippen LogP contribution < -0.4 is 0 Å². The number of ether oxygens (including phenoxy) is 1. The van der Waals surface area contributed by atoms with E-state index in [1.807, 2.05) is 0 Å². The van der Waals surface area contributed by atoms with Gasteiger partial charge in [-0.05, 0) is 19.9 Å². The molecule has 5 nitrogen and oxygen atoms in total. The van der Waals surface area contributed by atoms with Crippen LogP contribution in [0.2, 0.25) is 0 Å². The molecule has 0 radical (unpaired) electrons. The van der Waals surface area contributed by atoms with Crippen LogP contribution in [0.15, 0.2) is 6.07 Å². The van der Waals surface area contributed by atoms with Crippen LogP contribution in [0.1, 0.15) is 21.5 Å². The van der Waals surface area contributed by atoms with Crippen molar-refractivity contribution in [3.63, 3.8) is 0 Å². The van der Waals surface area contributed by atoms with Crippen molar-refractivity contribution >= 4 is 11.7 Å². The van der Waals surface area contributed by atoms with E-state index in [-0.39, 0.29) is 22.4 Å². The maximum atomic E-state index is 13.5. The maximum Gasteiger partial charge on any atom is 0.341 e. The first-order valence-electron chi connectivity index (χ1n) is 4.42. The number of hydrogen-bond acceptors (Lipinski definition) is 4. The van der Waals surface area contributed by atoms with E-state index >= 15 is 0 Å². The van der Waals surface area contributed by atoms with E-state index in [4.69, 9.17) is 0 Å². The first kappa shape index (κ1) is 12.1. The number of aryl methyl sites for hydroxylation is 1. The largest absolute Gasteiger partial charge is 0.465 e. The van der Waals surface area contributed by atoms with E-state index in [1.54, 1.807) is 0 Å². The summed E-state index contributed by atoms with van der Waals surface area (Å²) in [4.78, 5) is 21.4. The molecule has 0 spiro atoms. The maximum absolute atomic E-state index is 13.5. The predicted molar refractivity (Wildman–Crippen MR) is 53.9 cm³/mol. The number of esters is 1. The second kappa shape index (κ2) is 4.26. The van der Waals surface area contributed by atoms with Crippen LogP contribution in [-0.2, 0) is 4.74 Å². The van der Waals surface area contributed by atoms with Crippen molar-refractivity contribution in [2.45, 2.75) is 13.8 Å². The van der Waals surface area contributed by atoms with Crippen LogP contribution in [0.5, 0.6) is 0 Å². The van der Waals surface area contributed by atoms with Crippen molar-refractivity contribution in [3.05, 3.63) is 38.7 Å². The summed E-state index contributed by atoms with van der Waals surface area (Å²) in [7, 11) is 1.09. The lowest BCUT2D eigenvalue weighted by Gasteiger charge is -2.07. The predicted octanol–water partition coefficient (Wildman–Crippen LogP) is 2.14. The first-order chi connectivity index (χ1) is 7.40. The third-order valence-corrected chi connectivity index (χ3v) is 2.26. The van der Waals surface area contributed by atoms with Gasteiger partial charge in [-0.25, -0.2) is 9.18 Å². The molecular weight excluding hydrogens is 217 g/mol. The molecule has 0 atom stereocenters. The quantitative estimate of drug-likeness (QED) is 0.441. The Morgan fingerprint density at radius 2 is 2.06 bits per heavy atom. The standard InChI is InChI=1S/C10H10FNO4/c1-5-4-7(11)8(10(13)16-3)6(2)9(5)12(14)15/h4H,1-3H3. The van der Waals surface area contributed by atoms with E-state index in [1.165, 1.54) is 13.8 Å². The van der Waals surface area contributed by atoms with E-state index in [0.717, 1.165) is 13.2 Å². The highest BCUT2D eigenvalue weighted by Gasteiger charge is 2.25. The van der Waals surface area contributed by atoms with E-state index < -0.39 is 16.7 Å². The number of nitrogens with zero attached hydrogens (tertiary/aromatic N) is 1. The van der Waals surface area contributed by atoms with Gasteiger partial charge < -0.3 is 4.74 Å². The Labute approximate surface area is 91.0 Å². The van der Waals surface area contributed by atoms with Crippen molar-refractivity contribution < 1.29 is 18.8 Å². The number of hydrogen-bond donors (Lipinski definition) is 0. The SMILES string of the molecule is COC(=O)c1c(F)cc(C)c([N+](=O)[O-])c1C. The first-order valence-corrected chi connectivity index (χ1v) is 4.42. The molecule has 0 aliphatic carbocycles. The van der Waals surface area contributed by atoms with Crippen LogP contribution in [0, 0.1) is 29.8 Å². The molecule has 0 N–H and O–H groups in total. The van der Waals surface area contributed by atoms with Gasteiger partial charge in [0, 0.05) is 11.1 Å². The zero-order valence-electron chi connectivity index (χ0n) is 9.04. The normalized spacial score (nSPS) is 10.0. The number of methoxy groups -OCH3 is 1. The molecule has 86 valence electrons. The van der Waals surface area contributed by atoms with Crippen molar-refractivity contribution in [2.75, 3.05) is 7.11 Å². The monoisotopic (exact) mass is 227 g/mol. The zero-order chi connectivity index (χ0) is 12.5. The summed E-state index contributed by atoms with van der Waals surface area (Å²) in [6, 6.07) is 0.956. The van der Waals surface area contributed by atoms with Gasteiger partial charge in [-0.2, -0.15) is 0 Å². The molecule has 0 heterocycles. The minimum atomic E-state index is -0.918. The molecule has 1 aromatic rings. The Balaban J connectivity index is 3.57. The number of rotatable bonds is 2. The molecule has 1 aromatic carbocycles. The van der Waals surface area contributed by atoms with Crippen LogP contribution in [0.3, 0.4) is 0 Å². The zero-order valence-corrected chi connectivity index (χ0v) is 9.04. The number of nitro groups is 1. The lowest BCUT2D eigenvalue weighted by atomic mass is 10.0. The molecule has 0 unspecified atom stereocenters. The number of benzene rings is 1. The van der Waals surface area contributed by atoms with Crippen LogP contribution >= 0.6 is 0 Å². The van der Waals surface area contributed by atoms with Crippen molar-refractivity contribution in [3.8, 4) is 0 Å².